The van der Waals surface area contributed by atoms with Gasteiger partial charge in [-0.3, -0.25) is 4.79 Å². The number of hydrogen-bond donors (Lipinski definition) is 0. The summed E-state index contributed by atoms with van der Waals surface area (Å²) in [7, 11) is 2.22. The van der Waals surface area contributed by atoms with E-state index in [1.54, 1.807) is 31.3 Å². The van der Waals surface area contributed by atoms with Crippen molar-refractivity contribution in [3.8, 4) is 0 Å². The molecule has 0 saturated carbocycles. The van der Waals surface area contributed by atoms with Gasteiger partial charge >= 0.3 is 0 Å². The van der Waals surface area contributed by atoms with Crippen LogP contribution in [0.4, 0.5) is 0 Å². The predicted octanol–water partition coefficient (Wildman–Crippen LogP) is 2.52. The van der Waals surface area contributed by atoms with Gasteiger partial charge in [0.1, 0.15) is 4.90 Å². The first-order valence-corrected chi connectivity index (χ1v) is 9.65. The van der Waals surface area contributed by atoms with Gasteiger partial charge in [0.25, 0.3) is 5.91 Å². The Morgan fingerprint density at radius 1 is 1.15 bits per heavy atom. The topological polar surface area (TPSA) is 66.9 Å². The maximum Gasteiger partial charge on any atom is 0.256 e. The molecule has 1 aliphatic heterocycles. The molecule has 0 saturated heterocycles. The molecule has 0 bridgehead atoms. The number of nitrogens with zero attached hydrogens (tertiary/aromatic N) is 2. The molecule has 0 N–H and O–H groups in total. The monoisotopic (exact) mass is 394 g/mol. The largest absolute Gasteiger partial charge is 0.350 e. The zero-order valence-electron chi connectivity index (χ0n) is 14.9. The number of rotatable bonds is 4. The standard InChI is InChI=1S/C18H19ClN2O4S/c1-20(2)26(23,24)16-11-12(9-10-15(16)19)18(25-4)14-8-6-5-7-13(14)17(22)21(18)3/h5-11H,1-4H3. The van der Waals surface area contributed by atoms with Crippen LogP contribution in [0.15, 0.2) is 47.4 Å². The summed E-state index contributed by atoms with van der Waals surface area (Å²) in [5.74, 6) is -0.200. The van der Waals surface area contributed by atoms with E-state index < -0.39 is 15.7 Å². The minimum Gasteiger partial charge on any atom is -0.350 e. The Morgan fingerprint density at radius 3 is 2.42 bits per heavy atom. The van der Waals surface area contributed by atoms with Crippen LogP contribution in [0.2, 0.25) is 5.02 Å². The number of benzene rings is 2. The third kappa shape index (κ3) is 2.46. The van der Waals surface area contributed by atoms with Crippen LogP contribution in [-0.2, 0) is 20.5 Å². The van der Waals surface area contributed by atoms with E-state index in [2.05, 4.69) is 0 Å². The summed E-state index contributed by atoms with van der Waals surface area (Å²) < 4.78 is 32.2. The molecule has 1 aliphatic rings. The van der Waals surface area contributed by atoms with Gasteiger partial charge in [-0.1, -0.05) is 35.9 Å². The first-order chi connectivity index (χ1) is 12.2. The summed E-state index contributed by atoms with van der Waals surface area (Å²) in [6.45, 7) is 0. The van der Waals surface area contributed by atoms with Crippen molar-refractivity contribution in [2.24, 2.45) is 0 Å². The Kier molecular flexibility index (Phi) is 4.60. The molecule has 26 heavy (non-hydrogen) atoms. The van der Waals surface area contributed by atoms with E-state index in [1.165, 1.54) is 38.2 Å². The van der Waals surface area contributed by atoms with Gasteiger partial charge in [-0.25, -0.2) is 12.7 Å². The van der Waals surface area contributed by atoms with Gasteiger partial charge in [0.15, 0.2) is 5.72 Å². The van der Waals surface area contributed by atoms with Crippen molar-refractivity contribution in [1.82, 2.24) is 9.21 Å². The number of amides is 1. The second-order valence-corrected chi connectivity index (χ2v) is 8.72. The lowest BCUT2D eigenvalue weighted by molar-refractivity contribution is -0.0717. The Bertz CT molecular complexity index is 990. The van der Waals surface area contributed by atoms with Crippen molar-refractivity contribution in [2.75, 3.05) is 28.3 Å². The molecule has 1 atom stereocenters. The summed E-state index contributed by atoms with van der Waals surface area (Å²) in [6.07, 6.45) is 0. The van der Waals surface area contributed by atoms with Gasteiger partial charge < -0.3 is 9.64 Å². The summed E-state index contributed by atoms with van der Waals surface area (Å²) in [5, 5.41) is 0.106. The Morgan fingerprint density at radius 2 is 1.81 bits per heavy atom. The average molecular weight is 395 g/mol. The molecule has 6 nitrogen and oxygen atoms in total. The van der Waals surface area contributed by atoms with Gasteiger partial charge in [-0.2, -0.15) is 0 Å². The minimum absolute atomic E-state index is 0.0386. The fourth-order valence-corrected chi connectivity index (χ4v) is 4.69. The Labute approximate surface area is 158 Å². The number of carbonyl (C=O) groups excluding carboxylic acids is 1. The van der Waals surface area contributed by atoms with Gasteiger partial charge in [-0.15, -0.1) is 0 Å². The van der Waals surface area contributed by atoms with E-state index in [0.29, 0.717) is 16.7 Å². The fourth-order valence-electron chi connectivity index (χ4n) is 3.29. The predicted molar refractivity (Wildman–Crippen MR) is 98.6 cm³/mol. The SMILES string of the molecule is COC1(c2ccc(Cl)c(S(=O)(=O)N(C)C)c2)c2ccccc2C(=O)N1C. The molecule has 1 unspecified atom stereocenters. The van der Waals surface area contributed by atoms with Gasteiger partial charge in [0.2, 0.25) is 10.0 Å². The second kappa shape index (κ2) is 6.35. The number of fused-ring (bicyclic) bond motifs is 1. The number of ether oxygens (including phenoxy) is 1. The molecule has 1 amide bonds. The maximum absolute atomic E-state index is 12.7. The normalized spacial score (nSPS) is 19.9. The number of halogens is 1. The number of carbonyl (C=O) groups is 1. The van der Waals surface area contributed by atoms with Gasteiger partial charge in [0.05, 0.1) is 5.02 Å². The fraction of sp³-hybridized carbons (Fsp3) is 0.278. The van der Waals surface area contributed by atoms with Crippen LogP contribution in [0.25, 0.3) is 0 Å². The highest BCUT2D eigenvalue weighted by Crippen LogP contribution is 2.45. The molecule has 0 radical (unpaired) electrons. The van der Waals surface area contributed by atoms with Crippen molar-refractivity contribution in [3.05, 3.63) is 64.2 Å². The van der Waals surface area contributed by atoms with Crippen LogP contribution < -0.4 is 0 Å². The van der Waals surface area contributed by atoms with Crippen molar-refractivity contribution in [2.45, 2.75) is 10.6 Å². The summed E-state index contributed by atoms with van der Waals surface area (Å²) in [6, 6.07) is 11.8. The lowest BCUT2D eigenvalue weighted by Gasteiger charge is -2.36. The highest BCUT2D eigenvalue weighted by molar-refractivity contribution is 7.89. The first kappa shape index (κ1) is 18.8. The van der Waals surface area contributed by atoms with Crippen molar-refractivity contribution in [3.63, 3.8) is 0 Å². The van der Waals surface area contributed by atoms with Gasteiger partial charge in [0, 0.05) is 44.9 Å². The number of hydrogen-bond acceptors (Lipinski definition) is 4. The molecule has 3 rings (SSSR count). The molecule has 2 aromatic rings. The molecule has 1 heterocycles. The second-order valence-electron chi connectivity index (χ2n) is 6.19. The van der Waals surface area contributed by atoms with Crippen LogP contribution in [-0.4, -0.2) is 51.8 Å². The third-order valence-electron chi connectivity index (χ3n) is 4.68. The van der Waals surface area contributed by atoms with Crippen LogP contribution in [0, 0.1) is 0 Å². The van der Waals surface area contributed by atoms with Crippen molar-refractivity contribution >= 4 is 27.5 Å². The molecule has 0 aliphatic carbocycles. The lowest BCUT2D eigenvalue weighted by atomic mass is 9.93. The molecular formula is C18H19ClN2O4S. The van der Waals surface area contributed by atoms with Crippen LogP contribution in [0.3, 0.4) is 0 Å². The molecule has 8 heteroatoms. The number of sulfonamides is 1. The lowest BCUT2D eigenvalue weighted by Crippen LogP contribution is -2.43. The summed E-state index contributed by atoms with van der Waals surface area (Å²) in [4.78, 5) is 14.1. The maximum atomic E-state index is 12.7. The van der Waals surface area contributed by atoms with E-state index in [1.807, 2.05) is 6.07 Å². The first-order valence-electron chi connectivity index (χ1n) is 7.83. The molecule has 138 valence electrons. The molecular weight excluding hydrogens is 376 g/mol. The molecule has 0 spiro atoms. The zero-order chi connectivity index (χ0) is 19.3. The quantitative estimate of drug-likeness (QED) is 0.799. The van der Waals surface area contributed by atoms with E-state index >= 15 is 0 Å². The van der Waals surface area contributed by atoms with Crippen LogP contribution in [0.1, 0.15) is 21.5 Å². The highest BCUT2D eigenvalue weighted by atomic mass is 35.5. The summed E-state index contributed by atoms with van der Waals surface area (Å²) >= 11 is 6.16. The van der Waals surface area contributed by atoms with Crippen LogP contribution >= 0.6 is 11.6 Å². The van der Waals surface area contributed by atoms with Crippen molar-refractivity contribution < 1.29 is 17.9 Å². The molecule has 2 aromatic carbocycles. The summed E-state index contributed by atoms with van der Waals surface area (Å²) in [5.41, 5.74) is 0.453. The number of methoxy groups -OCH3 is 1. The third-order valence-corrected chi connectivity index (χ3v) is 6.97. The van der Waals surface area contributed by atoms with E-state index in [4.69, 9.17) is 16.3 Å². The van der Waals surface area contributed by atoms with Crippen molar-refractivity contribution in [1.29, 1.82) is 0 Å². The highest BCUT2D eigenvalue weighted by Gasteiger charge is 2.50. The van der Waals surface area contributed by atoms with Gasteiger partial charge in [-0.05, 0) is 18.2 Å². The Balaban J connectivity index is 2.31. The van der Waals surface area contributed by atoms with Crippen LogP contribution in [0.5, 0.6) is 0 Å². The zero-order valence-corrected chi connectivity index (χ0v) is 16.4. The average Bonchev–Trinajstić information content (AvgIpc) is 2.84. The van der Waals surface area contributed by atoms with E-state index in [-0.39, 0.29) is 15.8 Å². The minimum atomic E-state index is -3.76. The smallest absolute Gasteiger partial charge is 0.256 e. The van der Waals surface area contributed by atoms with E-state index in [9.17, 15) is 13.2 Å². The molecule has 0 fully saturated rings. The van der Waals surface area contributed by atoms with E-state index in [0.717, 1.165) is 4.31 Å². The Hall–Kier alpha value is -1.93. The molecule has 0 aromatic heterocycles.